The van der Waals surface area contributed by atoms with Crippen molar-refractivity contribution in [1.82, 2.24) is 25.1 Å². The first kappa shape index (κ1) is 48.0. The SMILES string of the molecule is COc1cc2nc(C)nc(NCc3cc(N)cc(C(F)(F)F)c3)c2cc1C1=CCC(C(=O)N2CCC(CCOCC3CCN(C(=O)c4ccc(OC)c(N5CCC(=O)NC5=O)c4)CC3)CC2)CC1. The third-order valence-electron chi connectivity index (χ3n) is 13.7. The number of ether oxygens (including phenoxy) is 3. The average molecular weight is 941 g/mol. The smallest absolute Gasteiger partial charge is 0.416 e. The summed E-state index contributed by atoms with van der Waals surface area (Å²) in [4.78, 5) is 66.0. The summed E-state index contributed by atoms with van der Waals surface area (Å²) in [6.45, 7) is 5.99. The van der Waals surface area contributed by atoms with Crippen molar-refractivity contribution in [3.8, 4) is 11.5 Å². The largest absolute Gasteiger partial charge is 0.496 e. The van der Waals surface area contributed by atoms with Crippen LogP contribution in [0.15, 0.2) is 54.6 Å². The minimum absolute atomic E-state index is 0.0238. The molecule has 8 rings (SSSR count). The Balaban J connectivity index is 0.778. The highest BCUT2D eigenvalue weighted by atomic mass is 19.4. The number of nitrogen functional groups attached to an aromatic ring is 1. The van der Waals surface area contributed by atoms with Crippen molar-refractivity contribution < 1.29 is 46.6 Å². The van der Waals surface area contributed by atoms with Crippen LogP contribution in [0.2, 0.25) is 0 Å². The van der Waals surface area contributed by atoms with Crippen LogP contribution in [-0.4, -0.2) is 104 Å². The highest BCUT2D eigenvalue weighted by Gasteiger charge is 2.33. The zero-order valence-corrected chi connectivity index (χ0v) is 38.8. The van der Waals surface area contributed by atoms with Crippen LogP contribution >= 0.6 is 0 Å². The molecule has 3 aliphatic heterocycles. The molecule has 68 heavy (non-hydrogen) atoms. The number of urea groups is 1. The molecule has 0 saturated carbocycles. The summed E-state index contributed by atoms with van der Waals surface area (Å²) < 4.78 is 57.9. The van der Waals surface area contributed by atoms with Gasteiger partial charge in [-0.15, -0.1) is 0 Å². The van der Waals surface area contributed by atoms with Crippen LogP contribution in [0, 0.1) is 24.7 Å². The Labute approximate surface area is 393 Å². The van der Waals surface area contributed by atoms with E-state index in [1.165, 1.54) is 18.1 Å². The number of amides is 5. The van der Waals surface area contributed by atoms with Crippen molar-refractivity contribution in [2.24, 2.45) is 17.8 Å². The first-order valence-electron chi connectivity index (χ1n) is 23.4. The number of aryl methyl sites for hydroxylation is 1. The van der Waals surface area contributed by atoms with E-state index < -0.39 is 17.8 Å². The maximum Gasteiger partial charge on any atom is 0.416 e. The van der Waals surface area contributed by atoms with Gasteiger partial charge in [-0.05, 0) is 124 Å². The molecule has 3 saturated heterocycles. The topological polar surface area (TPSA) is 182 Å². The van der Waals surface area contributed by atoms with Crippen molar-refractivity contribution in [3.63, 3.8) is 0 Å². The Morgan fingerprint density at radius 3 is 2.29 bits per heavy atom. The van der Waals surface area contributed by atoms with E-state index in [1.807, 2.05) is 21.9 Å². The zero-order valence-electron chi connectivity index (χ0n) is 38.8. The van der Waals surface area contributed by atoms with Gasteiger partial charge in [-0.25, -0.2) is 14.8 Å². The molecule has 1 unspecified atom stereocenters. The van der Waals surface area contributed by atoms with Gasteiger partial charge in [0, 0.05) is 93.1 Å². The fourth-order valence-corrected chi connectivity index (χ4v) is 9.81. The third-order valence-corrected chi connectivity index (χ3v) is 13.7. The fourth-order valence-electron chi connectivity index (χ4n) is 9.81. The summed E-state index contributed by atoms with van der Waals surface area (Å²) in [7, 11) is 3.10. The number of allylic oxidation sites excluding steroid dienone is 2. The monoisotopic (exact) mass is 940 g/mol. The van der Waals surface area contributed by atoms with Gasteiger partial charge in [0.25, 0.3) is 5.91 Å². The first-order chi connectivity index (χ1) is 32.7. The number of anilines is 3. The molecule has 0 radical (unpaired) electrons. The summed E-state index contributed by atoms with van der Waals surface area (Å²) in [6.07, 6.45) is 4.21. The quantitative estimate of drug-likeness (QED) is 0.0824. The van der Waals surface area contributed by atoms with E-state index in [0.29, 0.717) is 108 Å². The van der Waals surface area contributed by atoms with Crippen molar-refractivity contribution >= 4 is 57.4 Å². The molecule has 3 aromatic carbocycles. The molecule has 15 nitrogen and oxygen atoms in total. The van der Waals surface area contributed by atoms with Gasteiger partial charge in [0.05, 0.1) is 31.0 Å². The minimum atomic E-state index is -4.52. The molecule has 0 bridgehead atoms. The Morgan fingerprint density at radius 1 is 0.868 bits per heavy atom. The number of methoxy groups -OCH3 is 2. The van der Waals surface area contributed by atoms with E-state index in [0.717, 1.165) is 68.5 Å². The van der Waals surface area contributed by atoms with Crippen LogP contribution in [-0.2, 0) is 27.0 Å². The van der Waals surface area contributed by atoms with Crippen LogP contribution in [0.25, 0.3) is 16.5 Å². The third kappa shape index (κ3) is 11.1. The number of imide groups is 1. The molecule has 18 heteroatoms. The number of nitrogens with one attached hydrogen (secondary N) is 2. The molecule has 1 aliphatic carbocycles. The second-order valence-corrected chi connectivity index (χ2v) is 18.2. The van der Waals surface area contributed by atoms with Crippen molar-refractivity contribution in [2.75, 3.05) is 76.1 Å². The molecular weight excluding hydrogens is 882 g/mol. The summed E-state index contributed by atoms with van der Waals surface area (Å²) in [5, 5.41) is 6.23. The number of piperidine rings is 2. The second kappa shape index (κ2) is 20.8. The number of carbonyl (C=O) groups excluding carboxylic acids is 4. The molecule has 4 aromatic rings. The summed E-state index contributed by atoms with van der Waals surface area (Å²) in [5.74, 6) is 2.53. The van der Waals surface area contributed by atoms with Crippen LogP contribution in [0.5, 0.6) is 11.5 Å². The number of halogens is 3. The molecule has 5 amide bonds. The van der Waals surface area contributed by atoms with Crippen LogP contribution in [0.1, 0.15) is 90.7 Å². The Bertz CT molecular complexity index is 2570. The van der Waals surface area contributed by atoms with Crippen LogP contribution in [0.4, 0.5) is 35.2 Å². The number of nitrogens with two attached hydrogens (primary N) is 1. The van der Waals surface area contributed by atoms with Crippen LogP contribution < -0.4 is 30.7 Å². The van der Waals surface area contributed by atoms with Gasteiger partial charge in [-0.3, -0.25) is 24.6 Å². The molecule has 1 aromatic heterocycles. The van der Waals surface area contributed by atoms with Crippen LogP contribution in [0.3, 0.4) is 0 Å². The lowest BCUT2D eigenvalue weighted by Crippen LogP contribution is -2.49. The maximum atomic E-state index is 13.8. The van der Waals surface area contributed by atoms with Gasteiger partial charge in [-0.1, -0.05) is 6.08 Å². The Morgan fingerprint density at radius 2 is 1.60 bits per heavy atom. The number of alkyl halides is 3. The maximum absolute atomic E-state index is 13.8. The number of aromatic nitrogens is 2. The van der Waals surface area contributed by atoms with E-state index in [2.05, 4.69) is 26.7 Å². The lowest BCUT2D eigenvalue weighted by molar-refractivity contribution is -0.138. The van der Waals surface area contributed by atoms with Gasteiger partial charge >= 0.3 is 12.2 Å². The number of hydrogen-bond donors (Lipinski definition) is 3. The summed E-state index contributed by atoms with van der Waals surface area (Å²) in [5.41, 5.74) is 8.85. The molecule has 4 N–H and O–H groups in total. The Hall–Kier alpha value is -6.43. The molecular formula is C50H59F3N8O7. The van der Waals surface area contributed by atoms with Crippen molar-refractivity contribution in [3.05, 3.63) is 82.7 Å². The van der Waals surface area contributed by atoms with Crippen molar-refractivity contribution in [1.29, 1.82) is 0 Å². The van der Waals surface area contributed by atoms with Gasteiger partial charge < -0.3 is 35.1 Å². The molecule has 4 aliphatic rings. The predicted octanol–water partition coefficient (Wildman–Crippen LogP) is 8.00. The number of hydrogen-bond acceptors (Lipinski definition) is 11. The normalized spacial score (nSPS) is 18.6. The van der Waals surface area contributed by atoms with E-state index in [-0.39, 0.29) is 48.8 Å². The second-order valence-electron chi connectivity index (χ2n) is 18.2. The molecule has 4 heterocycles. The molecule has 3 fully saturated rings. The summed E-state index contributed by atoms with van der Waals surface area (Å²) >= 11 is 0. The van der Waals surface area contributed by atoms with Gasteiger partial charge in [0.15, 0.2) is 0 Å². The lowest BCUT2D eigenvalue weighted by Gasteiger charge is -2.35. The van der Waals surface area contributed by atoms with Crippen molar-refractivity contribution in [2.45, 2.75) is 77.4 Å². The van der Waals surface area contributed by atoms with Gasteiger partial charge in [-0.2, -0.15) is 13.2 Å². The van der Waals surface area contributed by atoms with E-state index in [1.54, 1.807) is 32.2 Å². The fraction of sp³-hybridized carbons (Fsp3) is 0.480. The number of nitrogens with zero attached hydrogens (tertiary/aromatic N) is 5. The zero-order chi connectivity index (χ0) is 48.1. The average Bonchev–Trinajstić information content (AvgIpc) is 3.33. The van der Waals surface area contributed by atoms with E-state index >= 15 is 0 Å². The minimum Gasteiger partial charge on any atom is -0.496 e. The highest BCUT2D eigenvalue weighted by molar-refractivity contribution is 6.07. The van der Waals surface area contributed by atoms with Gasteiger partial charge in [0.2, 0.25) is 11.8 Å². The number of likely N-dealkylation sites (tertiary alicyclic amines) is 2. The van der Waals surface area contributed by atoms with E-state index in [4.69, 9.17) is 19.9 Å². The molecule has 362 valence electrons. The Kier molecular flexibility index (Phi) is 14.7. The number of benzene rings is 3. The summed E-state index contributed by atoms with van der Waals surface area (Å²) in [6, 6.07) is 11.8. The van der Waals surface area contributed by atoms with Gasteiger partial charge in [0.1, 0.15) is 23.1 Å². The highest BCUT2D eigenvalue weighted by Crippen LogP contribution is 2.40. The number of carbonyl (C=O) groups is 4. The van der Waals surface area contributed by atoms with E-state index in [9.17, 15) is 32.3 Å². The standard InChI is InChI=1S/C50H59F3N8O7/c1-30-56-41-27-44(67-3)39(26-40(41)46(57-30)55-28-33-22-37(50(51,52)53)25-38(54)23-33)34-4-6-35(7-5-34)47(63)59-16-10-31(11-17-59)15-21-68-29-32-12-18-60(19-13-32)48(64)36-8-9-43(66-2)42(24-36)61-20-14-45(62)58-49(61)65/h4,8-9,22-27,31-32,35H,5-7,10-21,28-29,54H2,1-3H3,(H,55,56,57)(H,58,62,65). The predicted molar refractivity (Wildman–Crippen MR) is 251 cm³/mol. The number of fused-ring (bicyclic) bond motifs is 1. The lowest BCUT2D eigenvalue weighted by atomic mass is 9.84. The molecule has 0 spiro atoms. The molecule has 1 atom stereocenters. The number of rotatable bonds is 14. The first-order valence-corrected chi connectivity index (χ1v) is 23.4.